The lowest BCUT2D eigenvalue weighted by Crippen LogP contribution is -2.25. The highest BCUT2D eigenvalue weighted by atomic mass is 79.9. The molecule has 1 aliphatic rings. The predicted molar refractivity (Wildman–Crippen MR) is 72.1 cm³/mol. The van der Waals surface area contributed by atoms with Crippen LogP contribution in [0.4, 0.5) is 0 Å². The standard InChI is InChI=1S/C12H18BrNOS/c1-7-4-9(6-15-7)11(14-3)12-10(13)5-8(2)16-12/h5,7,9,11,14H,4,6H2,1-3H3. The van der Waals surface area contributed by atoms with Crippen molar-refractivity contribution < 1.29 is 4.74 Å². The first-order valence-corrected chi connectivity index (χ1v) is 7.27. The molecule has 90 valence electrons. The molecule has 0 aromatic carbocycles. The van der Waals surface area contributed by atoms with Gasteiger partial charge in [0.1, 0.15) is 0 Å². The largest absolute Gasteiger partial charge is 0.378 e. The Balaban J connectivity index is 2.19. The van der Waals surface area contributed by atoms with Crippen molar-refractivity contribution in [2.24, 2.45) is 5.92 Å². The van der Waals surface area contributed by atoms with Crippen molar-refractivity contribution in [2.45, 2.75) is 32.4 Å². The van der Waals surface area contributed by atoms with Gasteiger partial charge in [-0.2, -0.15) is 0 Å². The molecule has 2 nitrogen and oxygen atoms in total. The number of halogens is 1. The molecule has 1 aliphatic heterocycles. The summed E-state index contributed by atoms with van der Waals surface area (Å²) in [6, 6.07) is 2.61. The number of thiophene rings is 1. The molecule has 0 saturated carbocycles. The van der Waals surface area contributed by atoms with Crippen LogP contribution in [0.3, 0.4) is 0 Å². The van der Waals surface area contributed by atoms with Crippen LogP contribution in [0.25, 0.3) is 0 Å². The Morgan fingerprint density at radius 2 is 2.38 bits per heavy atom. The van der Waals surface area contributed by atoms with E-state index in [1.807, 2.05) is 18.4 Å². The van der Waals surface area contributed by atoms with E-state index in [2.05, 4.69) is 41.2 Å². The minimum atomic E-state index is 0.403. The summed E-state index contributed by atoms with van der Waals surface area (Å²) in [4.78, 5) is 2.76. The molecule has 0 aliphatic carbocycles. The second kappa shape index (κ2) is 5.17. The second-order valence-corrected chi connectivity index (χ2v) is 6.62. The summed E-state index contributed by atoms with van der Waals surface area (Å²) in [5.74, 6) is 0.592. The molecule has 3 unspecified atom stereocenters. The third-order valence-corrected chi connectivity index (χ3v) is 5.18. The number of nitrogens with one attached hydrogen (secondary N) is 1. The highest BCUT2D eigenvalue weighted by Crippen LogP contribution is 2.39. The molecule has 2 heterocycles. The molecule has 0 bridgehead atoms. The van der Waals surface area contributed by atoms with Gasteiger partial charge in [-0.3, -0.25) is 0 Å². The van der Waals surface area contributed by atoms with E-state index in [1.54, 1.807) is 0 Å². The smallest absolute Gasteiger partial charge is 0.0551 e. The van der Waals surface area contributed by atoms with E-state index in [0.717, 1.165) is 13.0 Å². The lowest BCUT2D eigenvalue weighted by molar-refractivity contribution is 0.117. The van der Waals surface area contributed by atoms with Crippen LogP contribution >= 0.6 is 27.3 Å². The average Bonchev–Trinajstić information content (AvgIpc) is 2.76. The van der Waals surface area contributed by atoms with E-state index in [1.165, 1.54) is 14.2 Å². The molecule has 4 heteroatoms. The first-order valence-electron chi connectivity index (χ1n) is 5.66. The van der Waals surface area contributed by atoms with Gasteiger partial charge in [0.25, 0.3) is 0 Å². The van der Waals surface area contributed by atoms with Crippen LogP contribution in [0, 0.1) is 12.8 Å². The fraction of sp³-hybridized carbons (Fsp3) is 0.667. The number of rotatable bonds is 3. The van der Waals surface area contributed by atoms with E-state index in [9.17, 15) is 0 Å². The second-order valence-electron chi connectivity index (χ2n) is 4.48. The molecular formula is C12H18BrNOS. The number of ether oxygens (including phenoxy) is 1. The molecule has 1 fully saturated rings. The quantitative estimate of drug-likeness (QED) is 0.923. The molecule has 1 saturated heterocycles. The van der Waals surface area contributed by atoms with Crippen molar-refractivity contribution in [3.05, 3.63) is 20.3 Å². The maximum absolute atomic E-state index is 5.67. The van der Waals surface area contributed by atoms with Crippen LogP contribution in [0.5, 0.6) is 0 Å². The van der Waals surface area contributed by atoms with Gasteiger partial charge < -0.3 is 10.1 Å². The minimum absolute atomic E-state index is 0.403. The summed E-state index contributed by atoms with van der Waals surface area (Å²) >= 11 is 5.52. The molecule has 1 aromatic heterocycles. The predicted octanol–water partition coefficient (Wildman–Crippen LogP) is 3.50. The van der Waals surface area contributed by atoms with Crippen LogP contribution in [0.1, 0.15) is 29.1 Å². The Labute approximate surface area is 110 Å². The highest BCUT2D eigenvalue weighted by molar-refractivity contribution is 9.10. The van der Waals surface area contributed by atoms with E-state index in [-0.39, 0.29) is 0 Å². The maximum atomic E-state index is 5.67. The zero-order chi connectivity index (χ0) is 11.7. The lowest BCUT2D eigenvalue weighted by atomic mass is 9.96. The molecule has 0 spiro atoms. The van der Waals surface area contributed by atoms with Gasteiger partial charge >= 0.3 is 0 Å². The van der Waals surface area contributed by atoms with Crippen LogP contribution in [-0.2, 0) is 4.74 Å². The molecular weight excluding hydrogens is 286 g/mol. The van der Waals surface area contributed by atoms with Gasteiger partial charge in [0.15, 0.2) is 0 Å². The number of aryl methyl sites for hydroxylation is 1. The van der Waals surface area contributed by atoms with Crippen LogP contribution in [-0.4, -0.2) is 19.8 Å². The van der Waals surface area contributed by atoms with Gasteiger partial charge in [-0.05, 0) is 49.3 Å². The average molecular weight is 304 g/mol. The van der Waals surface area contributed by atoms with Crippen molar-refractivity contribution in [1.29, 1.82) is 0 Å². The van der Waals surface area contributed by atoms with Crippen molar-refractivity contribution in [3.8, 4) is 0 Å². The number of hydrogen-bond donors (Lipinski definition) is 1. The molecule has 0 amide bonds. The van der Waals surface area contributed by atoms with E-state index in [4.69, 9.17) is 4.74 Å². The van der Waals surface area contributed by atoms with E-state index < -0.39 is 0 Å². The zero-order valence-corrected chi connectivity index (χ0v) is 12.3. The third kappa shape index (κ3) is 2.50. The fourth-order valence-electron chi connectivity index (χ4n) is 2.38. The van der Waals surface area contributed by atoms with Crippen LogP contribution < -0.4 is 5.32 Å². The van der Waals surface area contributed by atoms with Crippen molar-refractivity contribution >= 4 is 27.3 Å². The van der Waals surface area contributed by atoms with Gasteiger partial charge in [-0.1, -0.05) is 0 Å². The topological polar surface area (TPSA) is 21.3 Å². The maximum Gasteiger partial charge on any atom is 0.0551 e. The normalized spacial score (nSPS) is 27.2. The van der Waals surface area contributed by atoms with Gasteiger partial charge in [-0.15, -0.1) is 11.3 Å². The Morgan fingerprint density at radius 1 is 1.62 bits per heavy atom. The molecule has 2 rings (SSSR count). The first kappa shape index (κ1) is 12.6. The highest BCUT2D eigenvalue weighted by Gasteiger charge is 2.31. The molecule has 3 atom stereocenters. The monoisotopic (exact) mass is 303 g/mol. The van der Waals surface area contributed by atoms with Crippen LogP contribution in [0.2, 0.25) is 0 Å². The molecule has 16 heavy (non-hydrogen) atoms. The van der Waals surface area contributed by atoms with Gasteiger partial charge in [-0.25, -0.2) is 0 Å². The minimum Gasteiger partial charge on any atom is -0.378 e. The van der Waals surface area contributed by atoms with Crippen molar-refractivity contribution in [1.82, 2.24) is 5.32 Å². The van der Waals surface area contributed by atoms with E-state index >= 15 is 0 Å². The Morgan fingerprint density at radius 3 is 2.81 bits per heavy atom. The summed E-state index contributed by atoms with van der Waals surface area (Å²) in [7, 11) is 2.04. The molecule has 1 aromatic rings. The molecule has 0 radical (unpaired) electrons. The SMILES string of the molecule is CNC(c1sc(C)cc1Br)C1COC(C)C1. The van der Waals surface area contributed by atoms with Gasteiger partial charge in [0.2, 0.25) is 0 Å². The Bertz CT molecular complexity index is 366. The van der Waals surface area contributed by atoms with Gasteiger partial charge in [0.05, 0.1) is 12.7 Å². The lowest BCUT2D eigenvalue weighted by Gasteiger charge is -2.21. The van der Waals surface area contributed by atoms with E-state index in [0.29, 0.717) is 18.1 Å². The van der Waals surface area contributed by atoms with Crippen molar-refractivity contribution in [3.63, 3.8) is 0 Å². The van der Waals surface area contributed by atoms with Gasteiger partial charge in [0, 0.05) is 26.2 Å². The summed E-state index contributed by atoms with van der Waals surface area (Å²) in [5.41, 5.74) is 0. The third-order valence-electron chi connectivity index (χ3n) is 3.13. The zero-order valence-electron chi connectivity index (χ0n) is 9.92. The summed E-state index contributed by atoms with van der Waals surface area (Å²) in [5, 5.41) is 3.44. The number of hydrogen-bond acceptors (Lipinski definition) is 3. The summed E-state index contributed by atoms with van der Waals surface area (Å²) < 4.78 is 6.90. The Hall–Kier alpha value is 0.1000. The summed E-state index contributed by atoms with van der Waals surface area (Å²) in [6.07, 6.45) is 1.55. The summed E-state index contributed by atoms with van der Waals surface area (Å²) in [6.45, 7) is 5.18. The first-order chi connectivity index (χ1) is 7.61. The van der Waals surface area contributed by atoms with Crippen LogP contribution in [0.15, 0.2) is 10.5 Å². The Kier molecular flexibility index (Phi) is 4.06. The molecule has 1 N–H and O–H groups in total. The van der Waals surface area contributed by atoms with Crippen molar-refractivity contribution in [2.75, 3.05) is 13.7 Å². The fourth-order valence-corrected chi connectivity index (χ4v) is 4.48.